The van der Waals surface area contributed by atoms with E-state index < -0.39 is 7.12 Å². The lowest BCUT2D eigenvalue weighted by Gasteiger charge is -2.12. The second-order valence-electron chi connectivity index (χ2n) is 5.02. The van der Waals surface area contributed by atoms with Gasteiger partial charge in [-0.05, 0) is 53.1 Å². The summed E-state index contributed by atoms with van der Waals surface area (Å²) in [6.07, 6.45) is 0. The molecule has 0 unspecified atom stereocenters. The molecule has 0 aliphatic carbocycles. The van der Waals surface area contributed by atoms with Gasteiger partial charge in [-0.3, -0.25) is 0 Å². The van der Waals surface area contributed by atoms with E-state index in [1.165, 1.54) is 12.1 Å². The van der Waals surface area contributed by atoms with Gasteiger partial charge in [-0.1, -0.05) is 23.7 Å². The van der Waals surface area contributed by atoms with E-state index >= 15 is 0 Å². The molecule has 118 valence electrons. The Kier molecular flexibility index (Phi) is 4.82. The molecule has 2 aromatic carbocycles. The molecule has 23 heavy (non-hydrogen) atoms. The van der Waals surface area contributed by atoms with Crippen molar-refractivity contribution in [3.8, 4) is 0 Å². The van der Waals surface area contributed by atoms with Gasteiger partial charge in [0, 0.05) is 0 Å². The van der Waals surface area contributed by atoms with Gasteiger partial charge in [0.15, 0.2) is 0 Å². The topological polar surface area (TPSA) is 50.7 Å². The van der Waals surface area contributed by atoms with E-state index in [2.05, 4.69) is 5.32 Å². The Bertz CT molecular complexity index is 744. The first-order valence-electron chi connectivity index (χ1n) is 6.83. The minimum atomic E-state index is -0.962. The Morgan fingerprint density at radius 1 is 1.39 bits per heavy atom. The highest BCUT2D eigenvalue weighted by molar-refractivity contribution is 7.80. The maximum absolute atomic E-state index is 12.8. The second kappa shape index (κ2) is 6.84. The van der Waals surface area contributed by atoms with Gasteiger partial charge in [-0.25, -0.2) is 4.39 Å². The van der Waals surface area contributed by atoms with Crippen molar-refractivity contribution in [3.63, 3.8) is 0 Å². The fourth-order valence-corrected chi connectivity index (χ4v) is 2.62. The van der Waals surface area contributed by atoms with E-state index in [0.29, 0.717) is 22.8 Å². The Morgan fingerprint density at radius 3 is 2.87 bits per heavy atom. The molecule has 0 spiro atoms. The minimum absolute atomic E-state index is 0.129. The zero-order valence-corrected chi connectivity index (χ0v) is 13.5. The van der Waals surface area contributed by atoms with Crippen LogP contribution in [0.2, 0.25) is 5.02 Å². The molecule has 4 nitrogen and oxygen atoms in total. The number of thiocarbonyl (C=S) groups is 1. The molecule has 1 aliphatic rings. The van der Waals surface area contributed by atoms with E-state index in [0.717, 1.165) is 11.1 Å². The number of anilines is 1. The third-order valence-electron chi connectivity index (χ3n) is 3.41. The molecular weight excluding hydrogens is 339 g/mol. The Hall–Kier alpha value is -1.67. The van der Waals surface area contributed by atoms with Crippen LogP contribution in [0.4, 0.5) is 10.1 Å². The quantitative estimate of drug-likeness (QED) is 0.658. The number of fused-ring (bicyclic) bond motifs is 1. The third kappa shape index (κ3) is 3.81. The maximum Gasteiger partial charge on any atom is 0.491 e. The second-order valence-corrected chi connectivity index (χ2v) is 5.80. The average Bonchev–Trinajstić information content (AvgIpc) is 2.88. The summed E-state index contributed by atoms with van der Waals surface area (Å²) in [5.41, 5.74) is 2.81. The standard InChI is InChI=1S/C15H12BClFNO3S/c17-13-5-10-8-22-16(20)12(10)6-14(13)19-15(23)21-7-9-1-3-11(18)4-2-9/h1-6,20H,7-8H2,(H,19,23). The SMILES string of the molecule is OB1OCc2cc(Cl)c(NC(=S)OCc3ccc(F)cc3)cc21. The van der Waals surface area contributed by atoms with Gasteiger partial charge >= 0.3 is 7.12 Å². The predicted octanol–water partition coefficient (Wildman–Crippen LogP) is 2.61. The van der Waals surface area contributed by atoms with Crippen molar-refractivity contribution in [2.24, 2.45) is 0 Å². The minimum Gasteiger partial charge on any atom is -0.466 e. The van der Waals surface area contributed by atoms with Crippen molar-refractivity contribution in [1.82, 2.24) is 0 Å². The molecule has 0 aromatic heterocycles. The number of halogens is 2. The third-order valence-corrected chi connectivity index (χ3v) is 3.94. The number of ether oxygens (including phenoxy) is 1. The van der Waals surface area contributed by atoms with Crippen molar-refractivity contribution in [2.45, 2.75) is 13.2 Å². The molecule has 0 amide bonds. The molecule has 0 fully saturated rings. The highest BCUT2D eigenvalue weighted by Gasteiger charge is 2.28. The van der Waals surface area contributed by atoms with Crippen LogP contribution in [-0.2, 0) is 22.6 Å². The molecule has 2 N–H and O–H groups in total. The summed E-state index contributed by atoms with van der Waals surface area (Å²) in [5.74, 6) is -0.305. The van der Waals surface area contributed by atoms with Crippen LogP contribution in [-0.4, -0.2) is 17.3 Å². The van der Waals surface area contributed by atoms with Crippen LogP contribution in [0.1, 0.15) is 11.1 Å². The van der Waals surface area contributed by atoms with Crippen molar-refractivity contribution in [2.75, 3.05) is 5.32 Å². The molecule has 2 aromatic rings. The molecule has 0 bridgehead atoms. The molecule has 0 saturated heterocycles. The van der Waals surface area contributed by atoms with Gasteiger partial charge in [0.2, 0.25) is 0 Å². The lowest BCUT2D eigenvalue weighted by Crippen LogP contribution is -2.28. The van der Waals surface area contributed by atoms with Gasteiger partial charge < -0.3 is 19.7 Å². The summed E-state index contributed by atoms with van der Waals surface area (Å²) in [7, 11) is -0.962. The summed E-state index contributed by atoms with van der Waals surface area (Å²) < 4.78 is 23.4. The average molecular weight is 352 g/mol. The first-order chi connectivity index (χ1) is 11.0. The molecule has 1 heterocycles. The summed E-state index contributed by atoms with van der Waals surface area (Å²) in [6, 6.07) is 9.35. The van der Waals surface area contributed by atoms with Crippen LogP contribution < -0.4 is 10.8 Å². The largest absolute Gasteiger partial charge is 0.491 e. The van der Waals surface area contributed by atoms with E-state index in [4.69, 9.17) is 33.2 Å². The molecule has 1 aliphatic heterocycles. The highest BCUT2D eigenvalue weighted by Crippen LogP contribution is 2.25. The molecular formula is C15H12BClFNO3S. The van der Waals surface area contributed by atoms with Gasteiger partial charge in [0.25, 0.3) is 5.17 Å². The monoisotopic (exact) mass is 351 g/mol. The molecule has 8 heteroatoms. The van der Waals surface area contributed by atoms with Gasteiger partial charge in [-0.15, -0.1) is 0 Å². The zero-order chi connectivity index (χ0) is 16.4. The van der Waals surface area contributed by atoms with Crippen LogP contribution in [0.3, 0.4) is 0 Å². The molecule has 0 saturated carbocycles. The summed E-state index contributed by atoms with van der Waals surface area (Å²) >= 11 is 11.3. The van der Waals surface area contributed by atoms with Crippen molar-refractivity contribution < 1.29 is 18.8 Å². The van der Waals surface area contributed by atoms with E-state index in [1.54, 1.807) is 24.3 Å². The summed E-state index contributed by atoms with van der Waals surface area (Å²) in [4.78, 5) is 0. The van der Waals surface area contributed by atoms with Crippen LogP contribution in [0.15, 0.2) is 36.4 Å². The lowest BCUT2D eigenvalue weighted by atomic mass is 9.79. The zero-order valence-electron chi connectivity index (χ0n) is 11.9. The summed E-state index contributed by atoms with van der Waals surface area (Å²) in [5, 5.41) is 13.2. The van der Waals surface area contributed by atoms with Crippen LogP contribution in [0.5, 0.6) is 0 Å². The number of benzene rings is 2. The van der Waals surface area contributed by atoms with Crippen LogP contribution in [0.25, 0.3) is 0 Å². The Morgan fingerprint density at radius 2 is 2.13 bits per heavy atom. The van der Waals surface area contributed by atoms with Crippen molar-refractivity contribution in [3.05, 3.63) is 58.4 Å². The normalized spacial score (nSPS) is 12.9. The van der Waals surface area contributed by atoms with E-state index in [-0.39, 0.29) is 17.6 Å². The number of rotatable bonds is 3. The Balaban J connectivity index is 1.64. The van der Waals surface area contributed by atoms with Crippen molar-refractivity contribution in [1.29, 1.82) is 0 Å². The predicted molar refractivity (Wildman–Crippen MR) is 91.3 cm³/mol. The maximum atomic E-state index is 12.8. The van der Waals surface area contributed by atoms with Gasteiger partial charge in [0.1, 0.15) is 12.4 Å². The first kappa shape index (κ1) is 16.2. The fourth-order valence-electron chi connectivity index (χ4n) is 2.22. The van der Waals surface area contributed by atoms with Crippen molar-refractivity contribution >= 4 is 47.3 Å². The van der Waals surface area contributed by atoms with Gasteiger partial charge in [-0.2, -0.15) is 0 Å². The number of nitrogens with one attached hydrogen (secondary N) is 1. The number of hydrogen-bond donors (Lipinski definition) is 2. The lowest BCUT2D eigenvalue weighted by molar-refractivity contribution is 0.275. The fraction of sp³-hybridized carbons (Fsp3) is 0.133. The van der Waals surface area contributed by atoms with E-state index in [1.807, 2.05) is 0 Å². The first-order valence-corrected chi connectivity index (χ1v) is 7.62. The molecule has 3 rings (SSSR count). The molecule has 0 atom stereocenters. The highest BCUT2D eigenvalue weighted by atomic mass is 35.5. The Labute approximate surface area is 143 Å². The smallest absolute Gasteiger partial charge is 0.466 e. The number of hydrogen-bond acceptors (Lipinski definition) is 4. The van der Waals surface area contributed by atoms with Crippen LogP contribution >= 0.6 is 23.8 Å². The summed E-state index contributed by atoms with van der Waals surface area (Å²) in [6.45, 7) is 0.530. The van der Waals surface area contributed by atoms with E-state index in [9.17, 15) is 9.41 Å². The van der Waals surface area contributed by atoms with Gasteiger partial charge in [0.05, 0.1) is 17.3 Å². The molecule has 0 radical (unpaired) electrons. The van der Waals surface area contributed by atoms with Crippen LogP contribution in [0, 0.1) is 5.82 Å².